The smallest absolute Gasteiger partial charge is 0.186 e. The number of aliphatic hydroxyl groups excluding tert-OH is 3. The maximum Gasteiger partial charge on any atom is 0.186 e. The molecule has 1 fully saturated rings. The van der Waals surface area contributed by atoms with Gasteiger partial charge in [0.05, 0.1) is 6.61 Å². The van der Waals surface area contributed by atoms with E-state index in [0.717, 1.165) is 0 Å². The molecule has 1 aliphatic rings. The summed E-state index contributed by atoms with van der Waals surface area (Å²) in [5.41, 5.74) is -3.16. The molecule has 6 nitrogen and oxygen atoms in total. The van der Waals surface area contributed by atoms with Gasteiger partial charge in [0.1, 0.15) is 23.4 Å². The average molecular weight is 222 g/mol. The van der Waals surface area contributed by atoms with Crippen molar-refractivity contribution in [2.24, 2.45) is 0 Å². The molecule has 1 saturated heterocycles. The molecular weight excluding hydrogens is 204 g/mol. The van der Waals surface area contributed by atoms with Gasteiger partial charge in [-0.2, -0.15) is 0 Å². The van der Waals surface area contributed by atoms with Gasteiger partial charge in [0, 0.05) is 7.11 Å². The van der Waals surface area contributed by atoms with Gasteiger partial charge in [-0.05, 0) is 13.8 Å². The van der Waals surface area contributed by atoms with Gasteiger partial charge in [0.25, 0.3) is 0 Å². The molecule has 0 aromatic heterocycles. The number of hydrogen-bond donors (Lipinski definition) is 4. The lowest BCUT2D eigenvalue weighted by atomic mass is 9.76. The largest absolute Gasteiger partial charge is 0.394 e. The molecule has 0 saturated carbocycles. The topological polar surface area (TPSA) is 99.4 Å². The van der Waals surface area contributed by atoms with E-state index in [1.54, 1.807) is 0 Å². The summed E-state index contributed by atoms with van der Waals surface area (Å²) in [4.78, 5) is 0. The van der Waals surface area contributed by atoms with E-state index in [4.69, 9.17) is 14.6 Å². The molecule has 1 heterocycles. The van der Waals surface area contributed by atoms with E-state index in [1.165, 1.54) is 21.0 Å². The molecule has 90 valence electrons. The predicted molar refractivity (Wildman–Crippen MR) is 50.0 cm³/mol. The van der Waals surface area contributed by atoms with Crippen LogP contribution in [0.1, 0.15) is 13.8 Å². The Bertz CT molecular complexity index is 231. The fraction of sp³-hybridized carbons (Fsp3) is 1.00. The van der Waals surface area contributed by atoms with E-state index in [-0.39, 0.29) is 0 Å². The number of rotatable bonds is 2. The molecule has 1 aliphatic heterocycles. The van der Waals surface area contributed by atoms with Crippen molar-refractivity contribution in [3.63, 3.8) is 0 Å². The van der Waals surface area contributed by atoms with Gasteiger partial charge in [-0.3, -0.25) is 0 Å². The Labute approximate surface area is 88.1 Å². The maximum atomic E-state index is 10.0. The van der Waals surface area contributed by atoms with Crippen LogP contribution in [0.15, 0.2) is 0 Å². The van der Waals surface area contributed by atoms with Crippen LogP contribution in [-0.2, 0) is 9.47 Å². The lowest BCUT2D eigenvalue weighted by molar-refractivity contribution is -0.359. The van der Waals surface area contributed by atoms with Crippen LogP contribution >= 0.6 is 0 Å². The Balaban J connectivity index is 3.06. The van der Waals surface area contributed by atoms with Gasteiger partial charge in [-0.1, -0.05) is 0 Å². The molecule has 15 heavy (non-hydrogen) atoms. The summed E-state index contributed by atoms with van der Waals surface area (Å²) < 4.78 is 9.94. The molecule has 1 rings (SSSR count). The first kappa shape index (κ1) is 12.8. The third-order valence-electron chi connectivity index (χ3n) is 3.31. The molecule has 0 unspecified atom stereocenters. The van der Waals surface area contributed by atoms with Gasteiger partial charge in [0.2, 0.25) is 0 Å². The molecule has 6 heteroatoms. The van der Waals surface area contributed by atoms with Crippen molar-refractivity contribution in [3.8, 4) is 0 Å². The second kappa shape index (κ2) is 3.97. The van der Waals surface area contributed by atoms with E-state index in [9.17, 15) is 15.3 Å². The molecule has 0 bridgehead atoms. The highest BCUT2D eigenvalue weighted by molar-refractivity contribution is 5.07. The summed E-state index contributed by atoms with van der Waals surface area (Å²) in [6.45, 7) is 2.29. The lowest BCUT2D eigenvalue weighted by Gasteiger charge is -2.52. The van der Waals surface area contributed by atoms with E-state index < -0.39 is 36.3 Å². The SMILES string of the molecule is CO[C@@]1(C)[C@@H](O)[C@@H](CO)O[C@H](O)[C@@]1(C)O. The van der Waals surface area contributed by atoms with Crippen LogP contribution in [0.2, 0.25) is 0 Å². The van der Waals surface area contributed by atoms with E-state index in [0.29, 0.717) is 0 Å². The van der Waals surface area contributed by atoms with Crippen molar-refractivity contribution in [1.82, 2.24) is 0 Å². The fourth-order valence-corrected chi connectivity index (χ4v) is 1.74. The molecule has 5 atom stereocenters. The standard InChI is InChI=1S/C9H18O6/c1-8(13)7(12)15-5(4-10)6(11)9(8,2)14-3/h5-7,10-13H,4H2,1-3H3/t5-,6+,7+,8-,9+/m1/s1. The Kier molecular flexibility index (Phi) is 3.39. The maximum absolute atomic E-state index is 10.0. The molecular formula is C9H18O6. The van der Waals surface area contributed by atoms with Crippen LogP contribution in [0.4, 0.5) is 0 Å². The zero-order valence-electron chi connectivity index (χ0n) is 9.04. The third kappa shape index (κ3) is 1.67. The number of ether oxygens (including phenoxy) is 2. The van der Waals surface area contributed by atoms with Crippen LogP contribution < -0.4 is 0 Å². The van der Waals surface area contributed by atoms with Crippen LogP contribution in [0.3, 0.4) is 0 Å². The second-order valence-electron chi connectivity index (χ2n) is 4.11. The van der Waals surface area contributed by atoms with E-state index in [1.807, 2.05) is 0 Å². The van der Waals surface area contributed by atoms with Crippen molar-refractivity contribution in [2.45, 2.75) is 43.5 Å². The first-order chi connectivity index (χ1) is 6.81. The van der Waals surface area contributed by atoms with Crippen molar-refractivity contribution in [1.29, 1.82) is 0 Å². The Morgan fingerprint density at radius 2 is 1.87 bits per heavy atom. The molecule has 4 N–H and O–H groups in total. The molecule has 0 aromatic rings. The summed E-state index contributed by atoms with van der Waals surface area (Å²) in [5, 5.41) is 38.4. The summed E-state index contributed by atoms with van der Waals surface area (Å²) >= 11 is 0. The minimum Gasteiger partial charge on any atom is -0.394 e. The normalized spacial score (nSPS) is 51.8. The van der Waals surface area contributed by atoms with Gasteiger partial charge in [0.15, 0.2) is 6.29 Å². The zero-order chi connectivity index (χ0) is 11.9. The number of methoxy groups -OCH3 is 1. The quantitative estimate of drug-likeness (QED) is 0.440. The van der Waals surface area contributed by atoms with Gasteiger partial charge < -0.3 is 29.9 Å². The molecule has 0 spiro atoms. The van der Waals surface area contributed by atoms with Crippen LogP contribution in [0, 0.1) is 0 Å². The van der Waals surface area contributed by atoms with E-state index >= 15 is 0 Å². The van der Waals surface area contributed by atoms with Crippen molar-refractivity contribution < 1.29 is 29.9 Å². The van der Waals surface area contributed by atoms with Gasteiger partial charge in [-0.25, -0.2) is 0 Å². The highest BCUT2D eigenvalue weighted by Gasteiger charge is 2.60. The Morgan fingerprint density at radius 1 is 1.33 bits per heavy atom. The zero-order valence-corrected chi connectivity index (χ0v) is 9.04. The highest BCUT2D eigenvalue weighted by Crippen LogP contribution is 2.39. The average Bonchev–Trinajstić information content (AvgIpc) is 2.21. The monoisotopic (exact) mass is 222 g/mol. The van der Waals surface area contributed by atoms with Gasteiger partial charge in [-0.15, -0.1) is 0 Å². The van der Waals surface area contributed by atoms with Crippen LogP contribution in [-0.4, -0.2) is 63.8 Å². The summed E-state index contributed by atoms with van der Waals surface area (Å²) in [5.74, 6) is 0. The number of hydrogen-bond acceptors (Lipinski definition) is 6. The minimum absolute atomic E-state index is 0.465. The molecule has 0 radical (unpaired) electrons. The fourth-order valence-electron chi connectivity index (χ4n) is 1.74. The van der Waals surface area contributed by atoms with Crippen molar-refractivity contribution >= 4 is 0 Å². The number of aliphatic hydroxyl groups is 4. The summed E-state index contributed by atoms with van der Waals surface area (Å²) in [7, 11) is 1.31. The predicted octanol–water partition coefficient (Wildman–Crippen LogP) is -1.79. The molecule has 0 amide bonds. The van der Waals surface area contributed by atoms with Gasteiger partial charge >= 0.3 is 0 Å². The second-order valence-corrected chi connectivity index (χ2v) is 4.11. The minimum atomic E-state index is -1.76. The molecule has 0 aromatic carbocycles. The Morgan fingerprint density at radius 3 is 2.27 bits per heavy atom. The first-order valence-electron chi connectivity index (χ1n) is 4.71. The Hall–Kier alpha value is -0.240. The lowest BCUT2D eigenvalue weighted by Crippen LogP contribution is -2.72. The van der Waals surface area contributed by atoms with Crippen molar-refractivity contribution in [2.75, 3.05) is 13.7 Å². The van der Waals surface area contributed by atoms with Crippen LogP contribution in [0.5, 0.6) is 0 Å². The first-order valence-corrected chi connectivity index (χ1v) is 4.71. The molecule has 0 aliphatic carbocycles. The van der Waals surface area contributed by atoms with E-state index in [2.05, 4.69) is 0 Å². The summed E-state index contributed by atoms with van der Waals surface area (Å²) in [6.07, 6.45) is -3.74. The highest BCUT2D eigenvalue weighted by atomic mass is 16.7. The van der Waals surface area contributed by atoms with Crippen molar-refractivity contribution in [3.05, 3.63) is 0 Å². The van der Waals surface area contributed by atoms with Crippen LogP contribution in [0.25, 0.3) is 0 Å². The third-order valence-corrected chi connectivity index (χ3v) is 3.31. The summed E-state index contributed by atoms with van der Waals surface area (Å²) in [6, 6.07) is 0.